The first-order valence-corrected chi connectivity index (χ1v) is 18.0. The van der Waals surface area contributed by atoms with Gasteiger partial charge in [0.1, 0.15) is 29.6 Å². The molecule has 0 spiro atoms. The summed E-state index contributed by atoms with van der Waals surface area (Å²) >= 11 is 0. The van der Waals surface area contributed by atoms with E-state index in [0.717, 1.165) is 72.4 Å². The molecule has 4 aromatic rings. The summed E-state index contributed by atoms with van der Waals surface area (Å²) in [6, 6.07) is 24.7. The van der Waals surface area contributed by atoms with Crippen molar-refractivity contribution in [3.8, 4) is 34.1 Å². The predicted octanol–water partition coefficient (Wildman–Crippen LogP) is 7.97. The summed E-state index contributed by atoms with van der Waals surface area (Å²) in [5, 5.41) is 5.14. The molecule has 0 aliphatic carbocycles. The van der Waals surface area contributed by atoms with E-state index >= 15 is 0 Å². The molecule has 0 unspecified atom stereocenters. The molecule has 0 bridgehead atoms. The van der Waals surface area contributed by atoms with E-state index in [2.05, 4.69) is 24.1 Å². The highest BCUT2D eigenvalue weighted by Gasteiger charge is 2.15. The molecule has 0 saturated heterocycles. The topological polar surface area (TPSA) is 77.1 Å². The lowest BCUT2D eigenvalue weighted by atomic mass is 9.99. The highest BCUT2D eigenvalue weighted by molar-refractivity contribution is 7.90. The minimum absolute atomic E-state index is 0.283. The van der Waals surface area contributed by atoms with Gasteiger partial charge in [0.05, 0.1) is 11.5 Å². The van der Waals surface area contributed by atoms with Gasteiger partial charge in [-0.2, -0.15) is 0 Å². The number of sulfone groups is 1. The van der Waals surface area contributed by atoms with Crippen molar-refractivity contribution in [3.63, 3.8) is 0 Å². The first kappa shape index (κ1) is 34.3. The second-order valence-corrected chi connectivity index (χ2v) is 13.4. The molecule has 0 saturated carbocycles. The third-order valence-corrected chi connectivity index (χ3v) is 9.00. The van der Waals surface area contributed by atoms with Crippen molar-refractivity contribution in [2.75, 3.05) is 52.7 Å². The fourth-order valence-electron chi connectivity index (χ4n) is 5.18. The SMILES string of the molecule is CCCCOc1ccc2c(Oc3ccc(OCCN(CC)CCCCCNC)cc3)c(-c3ccc(S(C)(=O)=O)cc3)ccc2c1. The van der Waals surface area contributed by atoms with Crippen LogP contribution in [-0.2, 0) is 9.84 Å². The van der Waals surface area contributed by atoms with Crippen LogP contribution < -0.4 is 19.5 Å². The number of ether oxygens (including phenoxy) is 3. The fourth-order valence-corrected chi connectivity index (χ4v) is 5.81. The summed E-state index contributed by atoms with van der Waals surface area (Å²) in [7, 11) is -1.30. The molecule has 4 rings (SSSR count). The van der Waals surface area contributed by atoms with E-state index in [1.807, 2.05) is 73.8 Å². The molecule has 1 N–H and O–H groups in total. The van der Waals surface area contributed by atoms with Crippen molar-refractivity contribution in [2.45, 2.75) is 50.8 Å². The molecule has 0 fully saturated rings. The largest absolute Gasteiger partial charge is 0.494 e. The van der Waals surface area contributed by atoms with Gasteiger partial charge in [0, 0.05) is 23.8 Å². The molecule has 7 nitrogen and oxygen atoms in total. The minimum Gasteiger partial charge on any atom is -0.494 e. The molecule has 0 aromatic heterocycles. The number of hydrogen-bond acceptors (Lipinski definition) is 7. The Morgan fingerprint density at radius 2 is 1.44 bits per heavy atom. The smallest absolute Gasteiger partial charge is 0.175 e. The van der Waals surface area contributed by atoms with E-state index in [1.54, 1.807) is 12.1 Å². The highest BCUT2D eigenvalue weighted by Crippen LogP contribution is 2.41. The number of nitrogens with one attached hydrogen (secondary N) is 1. The molecular weight excluding hydrogens is 584 g/mol. The van der Waals surface area contributed by atoms with Gasteiger partial charge in [-0.1, -0.05) is 44.9 Å². The number of nitrogens with zero attached hydrogens (tertiary/aromatic N) is 1. The molecule has 0 amide bonds. The number of fused-ring (bicyclic) bond motifs is 1. The van der Waals surface area contributed by atoms with Crippen LogP contribution in [0.5, 0.6) is 23.0 Å². The van der Waals surface area contributed by atoms with Crippen LogP contribution in [0.3, 0.4) is 0 Å². The number of benzene rings is 4. The first-order valence-electron chi connectivity index (χ1n) is 16.1. The van der Waals surface area contributed by atoms with Gasteiger partial charge in [-0.05, 0) is 118 Å². The molecule has 0 atom stereocenters. The third-order valence-electron chi connectivity index (χ3n) is 7.87. The Morgan fingerprint density at radius 3 is 2.13 bits per heavy atom. The second-order valence-electron chi connectivity index (χ2n) is 11.3. The Labute approximate surface area is 269 Å². The van der Waals surface area contributed by atoms with Gasteiger partial charge in [-0.3, -0.25) is 0 Å². The van der Waals surface area contributed by atoms with Crippen molar-refractivity contribution in [1.29, 1.82) is 0 Å². The molecule has 0 aliphatic heterocycles. The molecule has 45 heavy (non-hydrogen) atoms. The number of rotatable bonds is 19. The lowest BCUT2D eigenvalue weighted by Crippen LogP contribution is -2.29. The third kappa shape index (κ3) is 10.2. The quantitative estimate of drug-likeness (QED) is 0.105. The van der Waals surface area contributed by atoms with Crippen LogP contribution >= 0.6 is 0 Å². The maximum absolute atomic E-state index is 12.1. The average Bonchev–Trinajstić information content (AvgIpc) is 3.04. The van der Waals surface area contributed by atoms with Crippen LogP contribution in [-0.4, -0.2) is 66.0 Å². The number of hydrogen-bond donors (Lipinski definition) is 1. The van der Waals surface area contributed by atoms with E-state index in [0.29, 0.717) is 24.7 Å². The molecular formula is C37H48N2O5S. The normalized spacial score (nSPS) is 11.7. The molecule has 242 valence electrons. The van der Waals surface area contributed by atoms with Crippen molar-refractivity contribution in [1.82, 2.24) is 10.2 Å². The first-order chi connectivity index (χ1) is 21.8. The summed E-state index contributed by atoms with van der Waals surface area (Å²) in [6.45, 7) is 9.72. The van der Waals surface area contributed by atoms with Gasteiger partial charge in [-0.25, -0.2) is 8.42 Å². The Bertz CT molecular complexity index is 1590. The molecule has 0 aliphatic rings. The van der Waals surface area contributed by atoms with E-state index in [1.165, 1.54) is 25.5 Å². The van der Waals surface area contributed by atoms with E-state index in [9.17, 15) is 8.42 Å². The summed E-state index contributed by atoms with van der Waals surface area (Å²) < 4.78 is 42.7. The van der Waals surface area contributed by atoms with E-state index in [4.69, 9.17) is 14.2 Å². The van der Waals surface area contributed by atoms with Gasteiger partial charge in [0.25, 0.3) is 0 Å². The van der Waals surface area contributed by atoms with Crippen LogP contribution in [0.15, 0.2) is 83.8 Å². The zero-order valence-electron chi connectivity index (χ0n) is 27.2. The van der Waals surface area contributed by atoms with Crippen molar-refractivity contribution in [2.24, 2.45) is 0 Å². The summed E-state index contributed by atoms with van der Waals surface area (Å²) in [6.07, 6.45) is 6.94. The Morgan fingerprint density at radius 1 is 0.733 bits per heavy atom. The maximum atomic E-state index is 12.1. The summed E-state index contributed by atoms with van der Waals surface area (Å²) in [5.74, 6) is 3.01. The van der Waals surface area contributed by atoms with Crippen LogP contribution in [0.4, 0.5) is 0 Å². The highest BCUT2D eigenvalue weighted by atomic mass is 32.2. The zero-order chi connectivity index (χ0) is 32.1. The summed E-state index contributed by atoms with van der Waals surface area (Å²) in [4.78, 5) is 2.72. The van der Waals surface area contributed by atoms with Crippen LogP contribution in [0.1, 0.15) is 46.0 Å². The monoisotopic (exact) mass is 632 g/mol. The Kier molecular flexibility index (Phi) is 13.1. The van der Waals surface area contributed by atoms with Crippen LogP contribution in [0.25, 0.3) is 21.9 Å². The maximum Gasteiger partial charge on any atom is 0.175 e. The van der Waals surface area contributed by atoms with Crippen molar-refractivity contribution in [3.05, 3.63) is 78.9 Å². The zero-order valence-corrected chi connectivity index (χ0v) is 28.0. The lowest BCUT2D eigenvalue weighted by Gasteiger charge is -2.20. The van der Waals surface area contributed by atoms with Gasteiger partial charge < -0.3 is 24.4 Å². The molecule has 0 radical (unpaired) electrons. The van der Waals surface area contributed by atoms with Gasteiger partial charge >= 0.3 is 0 Å². The van der Waals surface area contributed by atoms with Gasteiger partial charge in [0.2, 0.25) is 0 Å². The van der Waals surface area contributed by atoms with Crippen LogP contribution in [0.2, 0.25) is 0 Å². The van der Waals surface area contributed by atoms with Gasteiger partial charge in [0.15, 0.2) is 9.84 Å². The Balaban J connectivity index is 1.50. The second kappa shape index (κ2) is 17.2. The van der Waals surface area contributed by atoms with Crippen molar-refractivity contribution < 1.29 is 22.6 Å². The number of unbranched alkanes of at least 4 members (excludes halogenated alkanes) is 3. The van der Waals surface area contributed by atoms with E-state index in [-0.39, 0.29) is 4.90 Å². The molecule has 4 aromatic carbocycles. The van der Waals surface area contributed by atoms with E-state index < -0.39 is 9.84 Å². The Hall–Kier alpha value is -3.59. The van der Waals surface area contributed by atoms with Gasteiger partial charge in [-0.15, -0.1) is 0 Å². The molecule has 0 heterocycles. The number of likely N-dealkylation sites (N-methyl/N-ethyl adjacent to an activating group) is 1. The predicted molar refractivity (Wildman–Crippen MR) is 185 cm³/mol. The molecule has 8 heteroatoms. The van der Waals surface area contributed by atoms with Crippen LogP contribution in [0, 0.1) is 0 Å². The minimum atomic E-state index is -3.30. The standard InChI is InChI=1S/C37H48N2O5S/c1-5-7-26-42-33-18-22-36-30(28-33)13-21-35(29-11-19-34(20-12-29)45(4,40)41)37(36)44-32-16-14-31(15-17-32)43-27-25-39(6-2)24-10-8-9-23-38-3/h11-22,28,38H,5-10,23-27H2,1-4H3. The summed E-state index contributed by atoms with van der Waals surface area (Å²) in [5.41, 5.74) is 1.73. The lowest BCUT2D eigenvalue weighted by molar-refractivity contribution is 0.212. The fraction of sp³-hybridized carbons (Fsp3) is 0.405. The van der Waals surface area contributed by atoms with Crippen molar-refractivity contribution >= 4 is 20.6 Å². The average molecular weight is 633 g/mol.